The summed E-state index contributed by atoms with van der Waals surface area (Å²) < 4.78 is 0. The lowest BCUT2D eigenvalue weighted by molar-refractivity contribution is -0.130. The Morgan fingerprint density at radius 3 is 2.52 bits per heavy atom. The van der Waals surface area contributed by atoms with Gasteiger partial charge in [0.15, 0.2) is 0 Å². The van der Waals surface area contributed by atoms with Crippen molar-refractivity contribution in [2.75, 3.05) is 20.1 Å². The van der Waals surface area contributed by atoms with Crippen LogP contribution in [0.3, 0.4) is 0 Å². The Morgan fingerprint density at radius 2 is 1.80 bits per heavy atom. The van der Waals surface area contributed by atoms with E-state index >= 15 is 0 Å². The van der Waals surface area contributed by atoms with E-state index in [-0.39, 0.29) is 23.6 Å². The smallest absolute Gasteiger partial charge is 0.262 e. The molecular weight excluding hydrogens is 342 g/mol. The zero-order chi connectivity index (χ0) is 18.0. The fraction of sp³-hybridized carbons (Fsp3) is 0.222. The topological polar surface area (TPSA) is 70.6 Å². The maximum absolute atomic E-state index is 12.4. The van der Waals surface area contributed by atoms with Gasteiger partial charge >= 0.3 is 0 Å². The molecule has 0 spiro atoms. The number of likely N-dealkylation sites (N-methyl/N-ethyl adjacent to an activating group) is 1. The number of aromatic nitrogens is 1. The van der Waals surface area contributed by atoms with Crippen molar-refractivity contribution in [3.63, 3.8) is 0 Å². The van der Waals surface area contributed by atoms with Crippen LogP contribution in [-0.2, 0) is 11.2 Å². The lowest BCUT2D eigenvalue weighted by Crippen LogP contribution is -2.41. The maximum atomic E-state index is 12.4. The first-order valence-electron chi connectivity index (χ1n) is 7.76. The second kappa shape index (κ2) is 7.03. The molecule has 0 unspecified atom stereocenters. The zero-order valence-electron chi connectivity index (χ0n) is 13.6. The third-order valence-electron chi connectivity index (χ3n) is 4.14. The average molecular weight is 358 g/mol. The number of pyridine rings is 1. The van der Waals surface area contributed by atoms with Crippen molar-refractivity contribution in [3.05, 3.63) is 64.4 Å². The molecule has 6 nitrogen and oxygen atoms in total. The van der Waals surface area contributed by atoms with Crippen LogP contribution in [-0.4, -0.2) is 52.6 Å². The van der Waals surface area contributed by atoms with E-state index in [1.807, 2.05) is 12.1 Å². The normalized spacial score (nSPS) is 13.1. The molecule has 3 amide bonds. The zero-order valence-corrected chi connectivity index (χ0v) is 14.4. The Morgan fingerprint density at radius 1 is 1.12 bits per heavy atom. The molecule has 0 radical (unpaired) electrons. The molecule has 0 atom stereocenters. The van der Waals surface area contributed by atoms with Crippen LogP contribution in [0.2, 0.25) is 5.02 Å². The van der Waals surface area contributed by atoms with Crippen molar-refractivity contribution in [1.82, 2.24) is 14.8 Å². The van der Waals surface area contributed by atoms with Crippen LogP contribution in [0, 0.1) is 0 Å². The van der Waals surface area contributed by atoms with E-state index in [9.17, 15) is 14.4 Å². The van der Waals surface area contributed by atoms with Gasteiger partial charge in [0, 0.05) is 31.0 Å². The Balaban J connectivity index is 1.63. The molecule has 0 saturated carbocycles. The predicted octanol–water partition coefficient (Wildman–Crippen LogP) is 2.03. The summed E-state index contributed by atoms with van der Waals surface area (Å²) in [6, 6.07) is 8.28. The molecule has 128 valence electrons. The standard InChI is InChI=1S/C18H16ClN3O3/c1-21(9-6-12-4-7-20-8-5-12)16(23)11-22-17(24)14-3-2-13(19)10-15(14)18(22)25/h2-5,7-8,10H,6,9,11H2,1H3. The number of fused-ring (bicyclic) bond motifs is 1. The van der Waals surface area contributed by atoms with Crippen LogP contribution < -0.4 is 0 Å². The van der Waals surface area contributed by atoms with Gasteiger partial charge in [-0.1, -0.05) is 11.6 Å². The van der Waals surface area contributed by atoms with Crippen LogP contribution in [0.15, 0.2) is 42.7 Å². The van der Waals surface area contributed by atoms with Crippen molar-refractivity contribution in [2.24, 2.45) is 0 Å². The van der Waals surface area contributed by atoms with Gasteiger partial charge in [-0.05, 0) is 42.3 Å². The van der Waals surface area contributed by atoms with Gasteiger partial charge in [0.05, 0.1) is 11.1 Å². The highest BCUT2D eigenvalue weighted by molar-refractivity contribution is 6.32. The summed E-state index contributed by atoms with van der Waals surface area (Å²) in [5.41, 5.74) is 1.58. The van der Waals surface area contributed by atoms with Gasteiger partial charge in [-0.15, -0.1) is 0 Å². The first-order valence-corrected chi connectivity index (χ1v) is 8.14. The van der Waals surface area contributed by atoms with Crippen molar-refractivity contribution >= 4 is 29.3 Å². The second-order valence-corrected chi connectivity index (χ2v) is 6.24. The largest absolute Gasteiger partial charge is 0.344 e. The molecule has 0 saturated heterocycles. The van der Waals surface area contributed by atoms with E-state index < -0.39 is 11.8 Å². The summed E-state index contributed by atoms with van der Waals surface area (Å²) in [7, 11) is 1.65. The number of benzene rings is 1. The van der Waals surface area contributed by atoms with Gasteiger partial charge in [0.1, 0.15) is 6.54 Å². The molecule has 0 bridgehead atoms. The number of carbonyl (C=O) groups excluding carboxylic acids is 3. The number of halogens is 1. The quantitative estimate of drug-likeness (QED) is 0.768. The van der Waals surface area contributed by atoms with Crippen LogP contribution in [0.25, 0.3) is 0 Å². The highest BCUT2D eigenvalue weighted by atomic mass is 35.5. The molecule has 1 aromatic carbocycles. The van der Waals surface area contributed by atoms with Gasteiger partial charge in [0.25, 0.3) is 11.8 Å². The van der Waals surface area contributed by atoms with Crippen LogP contribution in [0.5, 0.6) is 0 Å². The van der Waals surface area contributed by atoms with E-state index in [0.717, 1.165) is 10.5 Å². The second-order valence-electron chi connectivity index (χ2n) is 5.81. The minimum atomic E-state index is -0.488. The summed E-state index contributed by atoms with van der Waals surface area (Å²) >= 11 is 5.88. The van der Waals surface area contributed by atoms with E-state index in [1.165, 1.54) is 17.0 Å². The van der Waals surface area contributed by atoms with Crippen molar-refractivity contribution in [1.29, 1.82) is 0 Å². The van der Waals surface area contributed by atoms with Crippen LogP contribution in [0.1, 0.15) is 26.3 Å². The molecule has 25 heavy (non-hydrogen) atoms. The Hall–Kier alpha value is -2.73. The first-order chi connectivity index (χ1) is 12.0. The number of hydrogen-bond donors (Lipinski definition) is 0. The fourth-order valence-electron chi connectivity index (χ4n) is 2.63. The van der Waals surface area contributed by atoms with Gasteiger partial charge in [0.2, 0.25) is 5.91 Å². The summed E-state index contributed by atoms with van der Waals surface area (Å²) in [6.45, 7) is 0.203. The lowest BCUT2D eigenvalue weighted by atomic mass is 10.1. The summed E-state index contributed by atoms with van der Waals surface area (Å²) in [5.74, 6) is -1.25. The molecule has 0 fully saturated rings. The fourth-order valence-corrected chi connectivity index (χ4v) is 2.81. The highest BCUT2D eigenvalue weighted by Crippen LogP contribution is 2.25. The Kier molecular flexibility index (Phi) is 4.81. The third kappa shape index (κ3) is 3.53. The van der Waals surface area contributed by atoms with Gasteiger partial charge in [-0.25, -0.2) is 0 Å². The Labute approximate surface area is 150 Å². The predicted molar refractivity (Wildman–Crippen MR) is 92.4 cm³/mol. The molecule has 2 aromatic rings. The highest BCUT2D eigenvalue weighted by Gasteiger charge is 2.37. The Bertz CT molecular complexity index is 839. The summed E-state index contributed by atoms with van der Waals surface area (Å²) in [5, 5.41) is 0.377. The molecule has 0 aliphatic carbocycles. The number of amides is 3. The summed E-state index contributed by atoms with van der Waals surface area (Å²) in [6.07, 6.45) is 4.06. The summed E-state index contributed by atoms with van der Waals surface area (Å²) in [4.78, 5) is 43.5. The first kappa shape index (κ1) is 17.1. The molecule has 1 aromatic heterocycles. The van der Waals surface area contributed by atoms with Crippen molar-refractivity contribution in [2.45, 2.75) is 6.42 Å². The molecule has 0 N–H and O–H groups in total. The van der Waals surface area contributed by atoms with Gasteiger partial charge < -0.3 is 4.90 Å². The van der Waals surface area contributed by atoms with Crippen LogP contribution >= 0.6 is 11.6 Å². The SMILES string of the molecule is CN(CCc1ccncc1)C(=O)CN1C(=O)c2ccc(Cl)cc2C1=O. The van der Waals surface area contributed by atoms with Crippen molar-refractivity contribution in [3.8, 4) is 0 Å². The monoisotopic (exact) mass is 357 g/mol. The number of rotatable bonds is 5. The molecule has 2 heterocycles. The number of imide groups is 1. The lowest BCUT2D eigenvalue weighted by Gasteiger charge is -2.20. The van der Waals surface area contributed by atoms with E-state index in [4.69, 9.17) is 11.6 Å². The van der Waals surface area contributed by atoms with E-state index in [0.29, 0.717) is 18.0 Å². The van der Waals surface area contributed by atoms with E-state index in [2.05, 4.69) is 4.98 Å². The minimum Gasteiger partial charge on any atom is -0.344 e. The van der Waals surface area contributed by atoms with Gasteiger partial charge in [-0.3, -0.25) is 24.3 Å². The average Bonchev–Trinajstić information content (AvgIpc) is 2.85. The molecular formula is C18H16ClN3O3. The molecule has 7 heteroatoms. The molecule has 1 aliphatic heterocycles. The number of nitrogens with zero attached hydrogens (tertiary/aromatic N) is 3. The third-order valence-corrected chi connectivity index (χ3v) is 4.37. The molecule has 3 rings (SSSR count). The maximum Gasteiger partial charge on any atom is 0.262 e. The molecule has 1 aliphatic rings. The number of carbonyl (C=O) groups is 3. The minimum absolute atomic E-state index is 0.240. The van der Waals surface area contributed by atoms with Crippen LogP contribution in [0.4, 0.5) is 0 Å². The number of hydrogen-bond acceptors (Lipinski definition) is 4. The van der Waals surface area contributed by atoms with Crippen molar-refractivity contribution < 1.29 is 14.4 Å². The van der Waals surface area contributed by atoms with Gasteiger partial charge in [-0.2, -0.15) is 0 Å². The van der Waals surface area contributed by atoms with E-state index in [1.54, 1.807) is 25.5 Å².